The first kappa shape index (κ1) is 11.9. The Morgan fingerprint density at radius 3 is 2.82 bits per heavy atom. The lowest BCUT2D eigenvalue weighted by Gasteiger charge is -2.05. The van der Waals surface area contributed by atoms with Crippen molar-refractivity contribution in [2.75, 3.05) is 12.3 Å². The van der Waals surface area contributed by atoms with Crippen molar-refractivity contribution in [2.24, 2.45) is 0 Å². The van der Waals surface area contributed by atoms with Crippen LogP contribution in [0.3, 0.4) is 0 Å². The van der Waals surface area contributed by atoms with E-state index in [0.717, 1.165) is 28.6 Å². The zero-order valence-corrected chi connectivity index (χ0v) is 10.9. The molecule has 0 radical (unpaired) electrons. The van der Waals surface area contributed by atoms with Crippen LogP contribution >= 0.6 is 11.3 Å². The lowest BCUT2D eigenvalue weighted by Crippen LogP contribution is -2.01. The minimum absolute atomic E-state index is 0.635. The molecule has 17 heavy (non-hydrogen) atoms. The molecular weight excluding hydrogens is 232 g/mol. The third kappa shape index (κ3) is 3.20. The molecule has 0 bridgehead atoms. The Balaban J connectivity index is 1.87. The van der Waals surface area contributed by atoms with E-state index in [4.69, 9.17) is 10.5 Å². The summed E-state index contributed by atoms with van der Waals surface area (Å²) in [5.41, 5.74) is 7.52. The number of nitrogens with zero attached hydrogens (tertiary/aromatic N) is 1. The predicted octanol–water partition coefficient (Wildman–Crippen LogP) is 2.96. The average molecular weight is 248 g/mol. The van der Waals surface area contributed by atoms with Crippen LogP contribution in [0.5, 0.6) is 5.75 Å². The van der Waals surface area contributed by atoms with Gasteiger partial charge >= 0.3 is 0 Å². The standard InChI is InChI=1S/C13H16N2OS/c1-9-10(2)17-13(15-9)6-7-16-12-5-3-4-11(14)8-12/h3-5,8H,6-7,14H2,1-2H3. The van der Waals surface area contributed by atoms with Gasteiger partial charge in [0.05, 0.1) is 17.3 Å². The number of thiazole rings is 1. The van der Waals surface area contributed by atoms with E-state index in [1.54, 1.807) is 11.3 Å². The van der Waals surface area contributed by atoms with Crippen LogP contribution in [0.25, 0.3) is 0 Å². The van der Waals surface area contributed by atoms with E-state index < -0.39 is 0 Å². The highest BCUT2D eigenvalue weighted by Crippen LogP contribution is 2.18. The highest BCUT2D eigenvalue weighted by atomic mass is 32.1. The van der Waals surface area contributed by atoms with Gasteiger partial charge in [0.15, 0.2) is 0 Å². The molecule has 0 saturated carbocycles. The van der Waals surface area contributed by atoms with Gasteiger partial charge in [0, 0.05) is 23.1 Å². The number of hydrogen-bond acceptors (Lipinski definition) is 4. The molecule has 1 heterocycles. The van der Waals surface area contributed by atoms with Crippen LogP contribution in [0.2, 0.25) is 0 Å². The fourth-order valence-electron chi connectivity index (χ4n) is 1.51. The molecule has 4 heteroatoms. The van der Waals surface area contributed by atoms with Crippen molar-refractivity contribution in [3.05, 3.63) is 39.8 Å². The lowest BCUT2D eigenvalue weighted by atomic mass is 10.3. The summed E-state index contributed by atoms with van der Waals surface area (Å²) in [6.07, 6.45) is 0.841. The summed E-state index contributed by atoms with van der Waals surface area (Å²) in [6.45, 7) is 4.76. The molecule has 0 saturated heterocycles. The molecule has 2 aromatic rings. The van der Waals surface area contributed by atoms with Gasteiger partial charge in [-0.15, -0.1) is 11.3 Å². The van der Waals surface area contributed by atoms with Crippen molar-refractivity contribution in [1.29, 1.82) is 0 Å². The normalized spacial score (nSPS) is 10.5. The fraction of sp³-hybridized carbons (Fsp3) is 0.308. The Kier molecular flexibility index (Phi) is 3.64. The first-order valence-corrected chi connectivity index (χ1v) is 6.38. The monoisotopic (exact) mass is 248 g/mol. The summed E-state index contributed by atoms with van der Waals surface area (Å²) in [6, 6.07) is 7.48. The number of rotatable bonds is 4. The molecule has 0 unspecified atom stereocenters. The number of aryl methyl sites for hydroxylation is 2. The van der Waals surface area contributed by atoms with Crippen molar-refractivity contribution in [3.8, 4) is 5.75 Å². The van der Waals surface area contributed by atoms with Gasteiger partial charge in [0.2, 0.25) is 0 Å². The Labute approximate surface area is 105 Å². The predicted molar refractivity (Wildman–Crippen MR) is 71.6 cm³/mol. The summed E-state index contributed by atoms with van der Waals surface area (Å²) >= 11 is 1.74. The minimum Gasteiger partial charge on any atom is -0.493 e. The molecule has 1 aromatic heterocycles. The molecule has 2 rings (SSSR count). The largest absolute Gasteiger partial charge is 0.493 e. The molecule has 90 valence electrons. The first-order valence-electron chi connectivity index (χ1n) is 5.56. The molecule has 0 fully saturated rings. The molecule has 3 nitrogen and oxygen atoms in total. The fourth-order valence-corrected chi connectivity index (χ4v) is 2.42. The van der Waals surface area contributed by atoms with E-state index in [1.165, 1.54) is 4.88 Å². The SMILES string of the molecule is Cc1nc(CCOc2cccc(N)c2)sc1C. The van der Waals surface area contributed by atoms with Crippen LogP contribution < -0.4 is 10.5 Å². The van der Waals surface area contributed by atoms with Gasteiger partial charge < -0.3 is 10.5 Å². The molecule has 0 aliphatic carbocycles. The first-order chi connectivity index (χ1) is 8.15. The number of nitrogen functional groups attached to an aromatic ring is 1. The Morgan fingerprint density at radius 1 is 1.35 bits per heavy atom. The third-order valence-electron chi connectivity index (χ3n) is 2.52. The van der Waals surface area contributed by atoms with Crippen molar-refractivity contribution in [1.82, 2.24) is 4.98 Å². The zero-order chi connectivity index (χ0) is 12.3. The van der Waals surface area contributed by atoms with E-state index in [1.807, 2.05) is 31.2 Å². The molecule has 0 spiro atoms. The maximum atomic E-state index is 5.67. The third-order valence-corrected chi connectivity index (χ3v) is 3.65. The smallest absolute Gasteiger partial charge is 0.121 e. The van der Waals surface area contributed by atoms with Crippen molar-refractivity contribution < 1.29 is 4.74 Å². The number of aromatic nitrogens is 1. The van der Waals surface area contributed by atoms with Crippen LogP contribution in [-0.2, 0) is 6.42 Å². The van der Waals surface area contributed by atoms with Gasteiger partial charge in [-0.2, -0.15) is 0 Å². The summed E-state index contributed by atoms with van der Waals surface area (Å²) in [5, 5.41) is 1.13. The number of anilines is 1. The second-order valence-corrected chi connectivity index (χ2v) is 5.21. The molecule has 0 aliphatic rings. The Hall–Kier alpha value is -1.55. The number of ether oxygens (including phenoxy) is 1. The van der Waals surface area contributed by atoms with Gasteiger partial charge in [0.1, 0.15) is 5.75 Å². The van der Waals surface area contributed by atoms with Crippen molar-refractivity contribution in [2.45, 2.75) is 20.3 Å². The molecular formula is C13H16N2OS. The van der Waals surface area contributed by atoms with Crippen LogP contribution in [0.15, 0.2) is 24.3 Å². The average Bonchev–Trinajstić information content (AvgIpc) is 2.58. The number of nitrogens with two attached hydrogens (primary N) is 1. The highest BCUT2D eigenvalue weighted by molar-refractivity contribution is 7.11. The summed E-state index contributed by atoms with van der Waals surface area (Å²) in [5.74, 6) is 0.815. The summed E-state index contributed by atoms with van der Waals surface area (Å²) in [7, 11) is 0. The molecule has 0 amide bonds. The van der Waals surface area contributed by atoms with Crippen molar-refractivity contribution in [3.63, 3.8) is 0 Å². The molecule has 2 N–H and O–H groups in total. The molecule has 1 aromatic carbocycles. The second kappa shape index (κ2) is 5.19. The van der Waals surface area contributed by atoms with E-state index in [-0.39, 0.29) is 0 Å². The zero-order valence-electron chi connectivity index (χ0n) is 10.1. The Bertz CT molecular complexity index is 488. The van der Waals surface area contributed by atoms with Crippen LogP contribution in [-0.4, -0.2) is 11.6 Å². The van der Waals surface area contributed by atoms with Crippen LogP contribution in [0.1, 0.15) is 15.6 Å². The van der Waals surface area contributed by atoms with Gasteiger partial charge in [0.25, 0.3) is 0 Å². The van der Waals surface area contributed by atoms with E-state index in [2.05, 4.69) is 11.9 Å². The quantitative estimate of drug-likeness (QED) is 0.846. The van der Waals surface area contributed by atoms with E-state index in [0.29, 0.717) is 6.61 Å². The van der Waals surface area contributed by atoms with Gasteiger partial charge in [-0.3, -0.25) is 0 Å². The van der Waals surface area contributed by atoms with Crippen LogP contribution in [0.4, 0.5) is 5.69 Å². The number of hydrogen-bond donors (Lipinski definition) is 1. The van der Waals surface area contributed by atoms with Gasteiger partial charge in [-0.25, -0.2) is 4.98 Å². The summed E-state index contributed by atoms with van der Waals surface area (Å²) < 4.78 is 5.63. The number of benzene rings is 1. The van der Waals surface area contributed by atoms with Gasteiger partial charge in [-0.05, 0) is 26.0 Å². The Morgan fingerprint density at radius 2 is 2.18 bits per heavy atom. The van der Waals surface area contributed by atoms with Crippen molar-refractivity contribution >= 4 is 17.0 Å². The maximum Gasteiger partial charge on any atom is 0.121 e. The molecule has 0 aliphatic heterocycles. The summed E-state index contributed by atoms with van der Waals surface area (Å²) in [4.78, 5) is 5.75. The minimum atomic E-state index is 0.635. The second-order valence-electron chi connectivity index (χ2n) is 3.92. The topological polar surface area (TPSA) is 48.1 Å². The van der Waals surface area contributed by atoms with E-state index >= 15 is 0 Å². The molecule has 0 atom stereocenters. The van der Waals surface area contributed by atoms with E-state index in [9.17, 15) is 0 Å². The van der Waals surface area contributed by atoms with Gasteiger partial charge in [-0.1, -0.05) is 6.07 Å². The van der Waals surface area contributed by atoms with Crippen LogP contribution in [0, 0.1) is 13.8 Å². The maximum absolute atomic E-state index is 5.67. The lowest BCUT2D eigenvalue weighted by molar-refractivity contribution is 0.322. The highest BCUT2D eigenvalue weighted by Gasteiger charge is 2.03.